The molecule has 0 unspecified atom stereocenters. The predicted molar refractivity (Wildman–Crippen MR) is 88.5 cm³/mol. The zero-order chi connectivity index (χ0) is 16.2. The lowest BCUT2D eigenvalue weighted by molar-refractivity contribution is 0.0793. The van der Waals surface area contributed by atoms with Crippen molar-refractivity contribution in [3.05, 3.63) is 59.3 Å². The molecule has 0 radical (unpaired) electrons. The van der Waals surface area contributed by atoms with Crippen LogP contribution >= 0.6 is 0 Å². The Morgan fingerprint density at radius 1 is 1.04 bits per heavy atom. The number of aromatic nitrogens is 1. The highest BCUT2D eigenvalue weighted by molar-refractivity contribution is 6.05. The van der Waals surface area contributed by atoms with E-state index in [2.05, 4.69) is 10.3 Å². The second kappa shape index (κ2) is 6.60. The first-order valence-electron chi connectivity index (χ1n) is 7.78. The molecule has 0 atom stereocenters. The van der Waals surface area contributed by atoms with Crippen LogP contribution < -0.4 is 5.32 Å². The average molecular weight is 309 g/mol. The Balaban J connectivity index is 1.76. The molecule has 3 rings (SSSR count). The number of carbonyl (C=O) groups excluding carboxylic acids is 2. The summed E-state index contributed by atoms with van der Waals surface area (Å²) in [5, 5.41) is 2.76. The molecule has 1 aromatic heterocycles. The Kier molecular flexibility index (Phi) is 4.37. The van der Waals surface area contributed by atoms with E-state index in [0.29, 0.717) is 16.9 Å². The molecule has 1 saturated heterocycles. The minimum absolute atomic E-state index is 0.00849. The third-order valence-electron chi connectivity index (χ3n) is 3.89. The largest absolute Gasteiger partial charge is 0.339 e. The van der Waals surface area contributed by atoms with Crippen LogP contribution in [0.5, 0.6) is 0 Å². The third-order valence-corrected chi connectivity index (χ3v) is 3.89. The van der Waals surface area contributed by atoms with E-state index in [1.54, 1.807) is 30.3 Å². The molecule has 1 aromatic carbocycles. The number of carbonyl (C=O) groups is 2. The number of benzene rings is 1. The number of nitrogens with zero attached hydrogens (tertiary/aromatic N) is 2. The predicted octanol–water partition coefficient (Wildman–Crippen LogP) is 2.88. The lowest BCUT2D eigenvalue weighted by Gasteiger charge is -2.15. The minimum atomic E-state index is -0.265. The molecule has 0 saturated carbocycles. The fourth-order valence-electron chi connectivity index (χ4n) is 2.70. The molecule has 1 fully saturated rings. The van der Waals surface area contributed by atoms with Crippen molar-refractivity contribution in [2.24, 2.45) is 0 Å². The quantitative estimate of drug-likeness (QED) is 0.948. The van der Waals surface area contributed by atoms with Crippen molar-refractivity contribution in [3.8, 4) is 0 Å². The van der Waals surface area contributed by atoms with Gasteiger partial charge in [-0.25, -0.2) is 4.98 Å². The van der Waals surface area contributed by atoms with E-state index in [1.807, 2.05) is 24.0 Å². The molecular weight excluding hydrogens is 290 g/mol. The zero-order valence-corrected chi connectivity index (χ0v) is 13.1. The number of rotatable bonds is 3. The first-order valence-corrected chi connectivity index (χ1v) is 7.78. The van der Waals surface area contributed by atoms with Crippen LogP contribution in [-0.2, 0) is 0 Å². The Hall–Kier alpha value is -2.69. The summed E-state index contributed by atoms with van der Waals surface area (Å²) in [6.45, 7) is 3.45. The maximum atomic E-state index is 12.4. The summed E-state index contributed by atoms with van der Waals surface area (Å²) in [5.41, 5.74) is 1.84. The molecule has 1 aliphatic rings. The Morgan fingerprint density at radius 2 is 1.74 bits per heavy atom. The van der Waals surface area contributed by atoms with Crippen molar-refractivity contribution in [2.75, 3.05) is 18.4 Å². The van der Waals surface area contributed by atoms with Crippen LogP contribution in [0.2, 0.25) is 0 Å². The van der Waals surface area contributed by atoms with Gasteiger partial charge in [0.2, 0.25) is 0 Å². The van der Waals surface area contributed by atoms with E-state index >= 15 is 0 Å². The van der Waals surface area contributed by atoms with E-state index in [0.717, 1.165) is 31.6 Å². The Bertz CT molecular complexity index is 737. The van der Waals surface area contributed by atoms with Crippen molar-refractivity contribution in [1.29, 1.82) is 0 Å². The maximum absolute atomic E-state index is 12.4. The second-order valence-electron chi connectivity index (χ2n) is 5.70. The highest BCUT2D eigenvalue weighted by atomic mass is 16.2. The molecule has 5 heteroatoms. The first-order chi connectivity index (χ1) is 11.1. The zero-order valence-electron chi connectivity index (χ0n) is 13.1. The third kappa shape index (κ3) is 3.56. The van der Waals surface area contributed by atoms with Crippen molar-refractivity contribution in [2.45, 2.75) is 19.8 Å². The van der Waals surface area contributed by atoms with Crippen molar-refractivity contribution < 1.29 is 9.59 Å². The summed E-state index contributed by atoms with van der Waals surface area (Å²) in [7, 11) is 0. The number of likely N-dealkylation sites (tertiary alicyclic amines) is 1. The Labute approximate surface area is 135 Å². The van der Waals surface area contributed by atoms with E-state index < -0.39 is 0 Å². The van der Waals surface area contributed by atoms with Crippen LogP contribution in [0.1, 0.15) is 39.3 Å². The van der Waals surface area contributed by atoms with E-state index in [9.17, 15) is 9.59 Å². The van der Waals surface area contributed by atoms with Crippen LogP contribution in [0, 0.1) is 6.92 Å². The van der Waals surface area contributed by atoms with Gasteiger partial charge in [0, 0.05) is 29.9 Å². The van der Waals surface area contributed by atoms with E-state index in [1.165, 1.54) is 0 Å². The van der Waals surface area contributed by atoms with Gasteiger partial charge in [0.15, 0.2) is 0 Å². The van der Waals surface area contributed by atoms with Crippen molar-refractivity contribution >= 4 is 17.6 Å². The normalized spacial score (nSPS) is 13.9. The van der Waals surface area contributed by atoms with Crippen molar-refractivity contribution in [3.63, 3.8) is 0 Å². The van der Waals surface area contributed by atoms with Gasteiger partial charge in [0.05, 0.1) is 0 Å². The summed E-state index contributed by atoms with van der Waals surface area (Å²) in [6.07, 6.45) is 2.09. The molecule has 0 spiro atoms. The minimum Gasteiger partial charge on any atom is -0.339 e. The highest BCUT2D eigenvalue weighted by Gasteiger charge is 2.20. The molecule has 0 bridgehead atoms. The summed E-state index contributed by atoms with van der Waals surface area (Å²) < 4.78 is 0. The van der Waals surface area contributed by atoms with Gasteiger partial charge in [-0.05, 0) is 50.1 Å². The molecular formula is C18H19N3O2. The average Bonchev–Trinajstić information content (AvgIpc) is 3.09. The fourth-order valence-corrected chi connectivity index (χ4v) is 2.70. The second-order valence-corrected chi connectivity index (χ2v) is 5.70. The van der Waals surface area contributed by atoms with Gasteiger partial charge in [0.1, 0.15) is 5.82 Å². The number of nitrogens with one attached hydrogen (secondary N) is 1. The highest BCUT2D eigenvalue weighted by Crippen LogP contribution is 2.15. The van der Waals surface area contributed by atoms with Gasteiger partial charge in [0.25, 0.3) is 11.8 Å². The van der Waals surface area contributed by atoms with Gasteiger partial charge >= 0.3 is 0 Å². The van der Waals surface area contributed by atoms with Gasteiger partial charge in [-0.15, -0.1) is 0 Å². The van der Waals surface area contributed by atoms with E-state index in [-0.39, 0.29) is 11.8 Å². The number of hydrogen-bond donors (Lipinski definition) is 1. The molecule has 2 amide bonds. The maximum Gasteiger partial charge on any atom is 0.256 e. The molecule has 118 valence electrons. The van der Waals surface area contributed by atoms with Gasteiger partial charge < -0.3 is 10.2 Å². The summed E-state index contributed by atoms with van der Waals surface area (Å²) in [5.74, 6) is 0.233. The molecule has 5 nitrogen and oxygen atoms in total. The number of pyridine rings is 1. The lowest BCUT2D eigenvalue weighted by Crippen LogP contribution is -2.27. The molecule has 0 aliphatic carbocycles. The number of amides is 2. The molecule has 2 aromatic rings. The molecule has 1 aliphatic heterocycles. The SMILES string of the molecule is Cc1cccc(NC(=O)c2cccc(C(=O)N3CCCC3)c2)n1. The van der Waals surface area contributed by atoms with Crippen LogP contribution in [-0.4, -0.2) is 34.8 Å². The summed E-state index contributed by atoms with van der Waals surface area (Å²) >= 11 is 0. The summed E-state index contributed by atoms with van der Waals surface area (Å²) in [4.78, 5) is 30.8. The van der Waals surface area contributed by atoms with Gasteiger partial charge in [-0.3, -0.25) is 9.59 Å². The van der Waals surface area contributed by atoms with Gasteiger partial charge in [-0.2, -0.15) is 0 Å². The standard InChI is InChI=1S/C18H19N3O2/c1-13-6-4-9-16(19-13)20-17(22)14-7-5-8-15(12-14)18(23)21-10-2-3-11-21/h4-9,12H,2-3,10-11H2,1H3,(H,19,20,22). The fraction of sp³-hybridized carbons (Fsp3) is 0.278. The Morgan fingerprint density at radius 3 is 2.48 bits per heavy atom. The number of aryl methyl sites for hydroxylation is 1. The van der Waals surface area contributed by atoms with Gasteiger partial charge in [-0.1, -0.05) is 12.1 Å². The number of anilines is 1. The topological polar surface area (TPSA) is 62.3 Å². The first kappa shape index (κ1) is 15.2. The van der Waals surface area contributed by atoms with Crippen LogP contribution in [0.3, 0.4) is 0 Å². The smallest absolute Gasteiger partial charge is 0.256 e. The lowest BCUT2D eigenvalue weighted by atomic mass is 10.1. The monoisotopic (exact) mass is 309 g/mol. The number of hydrogen-bond acceptors (Lipinski definition) is 3. The molecule has 23 heavy (non-hydrogen) atoms. The molecule has 2 heterocycles. The molecule has 1 N–H and O–H groups in total. The van der Waals surface area contributed by atoms with Crippen LogP contribution in [0.4, 0.5) is 5.82 Å². The summed E-state index contributed by atoms with van der Waals surface area (Å²) in [6, 6.07) is 12.3. The van der Waals surface area contributed by atoms with Crippen LogP contribution in [0.15, 0.2) is 42.5 Å². The van der Waals surface area contributed by atoms with Crippen LogP contribution in [0.25, 0.3) is 0 Å². The van der Waals surface area contributed by atoms with E-state index in [4.69, 9.17) is 0 Å². The van der Waals surface area contributed by atoms with Crippen molar-refractivity contribution in [1.82, 2.24) is 9.88 Å².